The first kappa shape index (κ1) is 11.7. The molecule has 0 fully saturated rings. The van der Waals surface area contributed by atoms with Crippen LogP contribution in [0, 0.1) is 0 Å². The summed E-state index contributed by atoms with van der Waals surface area (Å²) in [5.41, 5.74) is 9.06. The monoisotopic (exact) mass is 254 g/mol. The van der Waals surface area contributed by atoms with Gasteiger partial charge in [-0.1, -0.05) is 18.2 Å². The van der Waals surface area contributed by atoms with Gasteiger partial charge >= 0.3 is 0 Å². The maximum absolute atomic E-state index is 5.76. The minimum absolute atomic E-state index is 0.493. The number of fused-ring (bicyclic) bond motifs is 1. The zero-order chi connectivity index (χ0) is 13.2. The molecule has 0 bridgehead atoms. The van der Waals surface area contributed by atoms with Crippen molar-refractivity contribution in [2.24, 2.45) is 5.73 Å². The number of rotatable bonds is 3. The second-order valence-electron chi connectivity index (χ2n) is 4.23. The number of aromatic nitrogens is 1. The van der Waals surface area contributed by atoms with E-state index in [0.717, 1.165) is 28.0 Å². The Balaban J connectivity index is 2.15. The van der Waals surface area contributed by atoms with Crippen molar-refractivity contribution in [3.63, 3.8) is 0 Å². The molecule has 3 rings (SSSR count). The fourth-order valence-corrected chi connectivity index (χ4v) is 2.04. The Bertz CT molecular complexity index is 719. The molecule has 0 aliphatic carbocycles. The van der Waals surface area contributed by atoms with Crippen molar-refractivity contribution in [3.8, 4) is 17.2 Å². The van der Waals surface area contributed by atoms with Gasteiger partial charge in [-0.25, -0.2) is 4.98 Å². The van der Waals surface area contributed by atoms with Crippen molar-refractivity contribution in [1.29, 1.82) is 0 Å². The summed E-state index contributed by atoms with van der Waals surface area (Å²) in [6, 6.07) is 13.4. The van der Waals surface area contributed by atoms with Crippen LogP contribution >= 0.6 is 0 Å². The lowest BCUT2D eigenvalue weighted by molar-refractivity contribution is 0.414. The number of oxazole rings is 1. The molecular weight excluding hydrogens is 240 g/mol. The van der Waals surface area contributed by atoms with Crippen LogP contribution in [0.25, 0.3) is 22.6 Å². The second-order valence-corrected chi connectivity index (χ2v) is 4.23. The van der Waals surface area contributed by atoms with Crippen LogP contribution in [-0.2, 0) is 6.54 Å². The zero-order valence-electron chi connectivity index (χ0n) is 10.6. The SMILES string of the molecule is COc1ccccc1-c1nc2cc(CN)ccc2o1. The third kappa shape index (κ3) is 2.06. The molecule has 3 aromatic rings. The lowest BCUT2D eigenvalue weighted by Crippen LogP contribution is -1.94. The molecule has 2 aromatic carbocycles. The van der Waals surface area contributed by atoms with E-state index in [1.54, 1.807) is 7.11 Å². The Kier molecular flexibility index (Phi) is 2.93. The molecule has 0 atom stereocenters. The Morgan fingerprint density at radius 2 is 2.05 bits per heavy atom. The molecular formula is C15H14N2O2. The smallest absolute Gasteiger partial charge is 0.231 e. The first-order valence-corrected chi connectivity index (χ1v) is 6.05. The van der Waals surface area contributed by atoms with E-state index in [0.29, 0.717) is 12.4 Å². The number of nitrogens with zero attached hydrogens (tertiary/aromatic N) is 1. The van der Waals surface area contributed by atoms with Crippen molar-refractivity contribution in [2.45, 2.75) is 6.54 Å². The summed E-state index contributed by atoms with van der Waals surface area (Å²) in [4.78, 5) is 4.50. The summed E-state index contributed by atoms with van der Waals surface area (Å²) < 4.78 is 11.1. The van der Waals surface area contributed by atoms with Crippen molar-refractivity contribution < 1.29 is 9.15 Å². The third-order valence-corrected chi connectivity index (χ3v) is 3.03. The van der Waals surface area contributed by atoms with E-state index in [1.165, 1.54) is 0 Å². The molecule has 1 aromatic heterocycles. The molecule has 0 saturated heterocycles. The van der Waals surface area contributed by atoms with E-state index in [4.69, 9.17) is 14.9 Å². The number of para-hydroxylation sites is 1. The Morgan fingerprint density at radius 1 is 1.21 bits per heavy atom. The topological polar surface area (TPSA) is 61.3 Å². The number of nitrogens with two attached hydrogens (primary N) is 1. The van der Waals surface area contributed by atoms with Gasteiger partial charge in [-0.2, -0.15) is 0 Å². The molecule has 0 saturated carbocycles. The molecule has 4 heteroatoms. The largest absolute Gasteiger partial charge is 0.496 e. The summed E-state index contributed by atoms with van der Waals surface area (Å²) in [5, 5.41) is 0. The second kappa shape index (κ2) is 4.74. The van der Waals surface area contributed by atoms with E-state index in [2.05, 4.69) is 4.98 Å². The molecule has 0 aliphatic heterocycles. The number of hydrogen-bond acceptors (Lipinski definition) is 4. The summed E-state index contributed by atoms with van der Waals surface area (Å²) in [7, 11) is 1.63. The van der Waals surface area contributed by atoms with Crippen LogP contribution in [0.1, 0.15) is 5.56 Å². The Morgan fingerprint density at radius 3 is 2.84 bits per heavy atom. The standard InChI is InChI=1S/C15H14N2O2/c1-18-13-5-3-2-4-11(13)15-17-12-8-10(9-16)6-7-14(12)19-15/h2-8H,9,16H2,1H3. The van der Waals surface area contributed by atoms with Crippen LogP contribution in [-0.4, -0.2) is 12.1 Å². The van der Waals surface area contributed by atoms with Gasteiger partial charge in [-0.05, 0) is 29.8 Å². The van der Waals surface area contributed by atoms with E-state index < -0.39 is 0 Å². The molecule has 1 heterocycles. The Labute approximate surface area is 110 Å². The zero-order valence-corrected chi connectivity index (χ0v) is 10.6. The lowest BCUT2D eigenvalue weighted by Gasteiger charge is -2.03. The van der Waals surface area contributed by atoms with Crippen LogP contribution < -0.4 is 10.5 Å². The fourth-order valence-electron chi connectivity index (χ4n) is 2.04. The quantitative estimate of drug-likeness (QED) is 0.780. The van der Waals surface area contributed by atoms with Gasteiger partial charge in [0.25, 0.3) is 0 Å². The minimum Gasteiger partial charge on any atom is -0.496 e. The molecule has 0 amide bonds. The van der Waals surface area contributed by atoms with E-state index in [9.17, 15) is 0 Å². The van der Waals surface area contributed by atoms with Crippen LogP contribution in [0.2, 0.25) is 0 Å². The first-order valence-electron chi connectivity index (χ1n) is 6.05. The van der Waals surface area contributed by atoms with Crippen molar-refractivity contribution in [1.82, 2.24) is 4.98 Å². The minimum atomic E-state index is 0.493. The summed E-state index contributed by atoms with van der Waals surface area (Å²) >= 11 is 0. The number of ether oxygens (including phenoxy) is 1. The van der Waals surface area contributed by atoms with Gasteiger partial charge in [-0.15, -0.1) is 0 Å². The lowest BCUT2D eigenvalue weighted by atomic mass is 10.2. The highest BCUT2D eigenvalue weighted by Gasteiger charge is 2.12. The third-order valence-electron chi connectivity index (χ3n) is 3.03. The molecule has 0 radical (unpaired) electrons. The molecule has 0 aliphatic rings. The van der Waals surface area contributed by atoms with Gasteiger partial charge in [0.15, 0.2) is 5.58 Å². The van der Waals surface area contributed by atoms with Gasteiger partial charge in [0.2, 0.25) is 5.89 Å². The normalized spacial score (nSPS) is 10.8. The highest BCUT2D eigenvalue weighted by atomic mass is 16.5. The number of methoxy groups -OCH3 is 1. The maximum Gasteiger partial charge on any atom is 0.231 e. The van der Waals surface area contributed by atoms with Crippen molar-refractivity contribution >= 4 is 11.1 Å². The number of benzene rings is 2. The van der Waals surface area contributed by atoms with Gasteiger partial charge in [0.05, 0.1) is 12.7 Å². The average molecular weight is 254 g/mol. The van der Waals surface area contributed by atoms with E-state index >= 15 is 0 Å². The van der Waals surface area contributed by atoms with Crippen molar-refractivity contribution in [2.75, 3.05) is 7.11 Å². The maximum atomic E-state index is 5.76. The summed E-state index contributed by atoms with van der Waals surface area (Å²) in [6.07, 6.45) is 0. The van der Waals surface area contributed by atoms with Crippen LogP contribution in [0.15, 0.2) is 46.9 Å². The summed E-state index contributed by atoms with van der Waals surface area (Å²) in [6.45, 7) is 0.493. The van der Waals surface area contributed by atoms with Crippen LogP contribution in [0.4, 0.5) is 0 Å². The Hall–Kier alpha value is -2.33. The molecule has 96 valence electrons. The fraction of sp³-hybridized carbons (Fsp3) is 0.133. The predicted octanol–water partition coefficient (Wildman–Crippen LogP) is 2.96. The molecule has 4 nitrogen and oxygen atoms in total. The molecule has 0 unspecified atom stereocenters. The van der Waals surface area contributed by atoms with E-state index in [1.807, 2.05) is 42.5 Å². The summed E-state index contributed by atoms with van der Waals surface area (Å²) in [5.74, 6) is 1.30. The van der Waals surface area contributed by atoms with Gasteiger partial charge in [0, 0.05) is 6.54 Å². The van der Waals surface area contributed by atoms with Crippen LogP contribution in [0.5, 0.6) is 5.75 Å². The van der Waals surface area contributed by atoms with Gasteiger partial charge in [-0.3, -0.25) is 0 Å². The first-order chi connectivity index (χ1) is 9.31. The van der Waals surface area contributed by atoms with Gasteiger partial charge in [0.1, 0.15) is 11.3 Å². The van der Waals surface area contributed by atoms with Gasteiger partial charge < -0.3 is 14.9 Å². The highest BCUT2D eigenvalue weighted by molar-refractivity contribution is 5.78. The van der Waals surface area contributed by atoms with Crippen LogP contribution in [0.3, 0.4) is 0 Å². The average Bonchev–Trinajstić information content (AvgIpc) is 2.89. The number of hydrogen-bond donors (Lipinski definition) is 1. The predicted molar refractivity (Wildman–Crippen MR) is 73.9 cm³/mol. The molecule has 0 spiro atoms. The molecule has 19 heavy (non-hydrogen) atoms. The highest BCUT2D eigenvalue weighted by Crippen LogP contribution is 2.31. The van der Waals surface area contributed by atoms with E-state index in [-0.39, 0.29) is 0 Å². The molecule has 2 N–H and O–H groups in total. The van der Waals surface area contributed by atoms with Crippen molar-refractivity contribution in [3.05, 3.63) is 48.0 Å².